The van der Waals surface area contributed by atoms with E-state index in [1.54, 1.807) is 0 Å². The lowest BCUT2D eigenvalue weighted by molar-refractivity contribution is -0.126. The Balaban J connectivity index is 1.92. The lowest BCUT2D eigenvalue weighted by Crippen LogP contribution is -2.63. The summed E-state index contributed by atoms with van der Waals surface area (Å²) in [5.74, 6) is 0.535. The number of nitrogens with zero attached hydrogens (tertiary/aromatic N) is 1. The first-order valence-electron chi connectivity index (χ1n) is 7.82. The molecule has 1 saturated carbocycles. The smallest absolute Gasteiger partial charge is 0.237 e. The van der Waals surface area contributed by atoms with Gasteiger partial charge in [-0.25, -0.2) is 0 Å². The Bertz CT molecular complexity index is 303. The number of hydrogen-bond donors (Lipinski definition) is 2. The number of rotatable bonds is 5. The van der Waals surface area contributed by atoms with Gasteiger partial charge < -0.3 is 16.0 Å². The highest BCUT2D eigenvalue weighted by atomic mass is 16.1. The van der Waals surface area contributed by atoms with Gasteiger partial charge in [0.25, 0.3) is 0 Å². The molecule has 0 spiro atoms. The zero-order valence-corrected chi connectivity index (χ0v) is 12.5. The Morgan fingerprint density at radius 3 is 2.37 bits per heavy atom. The van der Waals surface area contributed by atoms with E-state index in [4.69, 9.17) is 5.73 Å². The molecule has 0 aromatic carbocycles. The Morgan fingerprint density at radius 1 is 1.32 bits per heavy atom. The Hall–Kier alpha value is -0.610. The van der Waals surface area contributed by atoms with Gasteiger partial charge in [0.2, 0.25) is 5.91 Å². The normalized spacial score (nSPS) is 25.0. The van der Waals surface area contributed by atoms with Gasteiger partial charge in [-0.05, 0) is 31.6 Å². The first kappa shape index (κ1) is 14.8. The number of piperidine rings is 1. The molecule has 0 aromatic heterocycles. The fourth-order valence-electron chi connectivity index (χ4n) is 3.56. The summed E-state index contributed by atoms with van der Waals surface area (Å²) in [7, 11) is 0. The molecule has 110 valence electrons. The molecule has 2 aliphatic rings. The molecule has 19 heavy (non-hydrogen) atoms. The number of carbonyl (C=O) groups excluding carboxylic acids is 1. The predicted molar refractivity (Wildman–Crippen MR) is 77.8 cm³/mol. The number of primary amides is 1. The molecule has 1 aliphatic heterocycles. The summed E-state index contributed by atoms with van der Waals surface area (Å²) >= 11 is 0. The number of nitrogens with one attached hydrogen (secondary N) is 1. The maximum Gasteiger partial charge on any atom is 0.237 e. The van der Waals surface area contributed by atoms with Gasteiger partial charge in [0.1, 0.15) is 5.54 Å². The van der Waals surface area contributed by atoms with Crippen LogP contribution in [0.5, 0.6) is 0 Å². The molecule has 1 aliphatic carbocycles. The van der Waals surface area contributed by atoms with Crippen molar-refractivity contribution in [3.63, 3.8) is 0 Å². The van der Waals surface area contributed by atoms with Crippen molar-refractivity contribution < 1.29 is 4.79 Å². The topological polar surface area (TPSA) is 58.4 Å². The zero-order chi connectivity index (χ0) is 13.9. The van der Waals surface area contributed by atoms with Crippen LogP contribution in [-0.4, -0.2) is 42.0 Å². The van der Waals surface area contributed by atoms with Crippen molar-refractivity contribution >= 4 is 5.91 Å². The van der Waals surface area contributed by atoms with Crippen molar-refractivity contribution in [1.29, 1.82) is 0 Å². The van der Waals surface area contributed by atoms with Crippen LogP contribution >= 0.6 is 0 Å². The molecule has 1 heterocycles. The summed E-state index contributed by atoms with van der Waals surface area (Å²) in [5.41, 5.74) is 5.27. The first-order chi connectivity index (χ1) is 9.02. The highest BCUT2D eigenvalue weighted by Gasteiger charge is 2.41. The number of amides is 1. The number of carbonyl (C=O) groups is 1. The molecule has 2 fully saturated rings. The van der Waals surface area contributed by atoms with E-state index in [0.29, 0.717) is 12.0 Å². The molecule has 4 heteroatoms. The van der Waals surface area contributed by atoms with Gasteiger partial charge in [0.05, 0.1) is 0 Å². The van der Waals surface area contributed by atoms with Crippen LogP contribution in [0.15, 0.2) is 0 Å². The van der Waals surface area contributed by atoms with Gasteiger partial charge >= 0.3 is 0 Å². The van der Waals surface area contributed by atoms with Crippen molar-refractivity contribution in [1.82, 2.24) is 10.2 Å². The monoisotopic (exact) mass is 267 g/mol. The number of nitrogens with two attached hydrogens (primary N) is 1. The van der Waals surface area contributed by atoms with Crippen LogP contribution in [0.4, 0.5) is 0 Å². The maximum absolute atomic E-state index is 11.9. The van der Waals surface area contributed by atoms with Gasteiger partial charge in [-0.1, -0.05) is 26.7 Å². The molecular weight excluding hydrogens is 238 g/mol. The van der Waals surface area contributed by atoms with Crippen LogP contribution in [-0.2, 0) is 4.79 Å². The molecule has 0 unspecified atom stereocenters. The SMILES string of the molecule is CC(C)CN1CCC(NC2CCCC2)(C(N)=O)CC1. The minimum absolute atomic E-state index is 0.149. The predicted octanol–water partition coefficient (Wildman–Crippen LogP) is 1.49. The maximum atomic E-state index is 11.9. The molecule has 2 rings (SSSR count). The second-order valence-electron chi connectivity index (χ2n) is 6.77. The Kier molecular flexibility index (Phi) is 4.85. The molecule has 4 nitrogen and oxygen atoms in total. The lowest BCUT2D eigenvalue weighted by Gasteiger charge is -2.42. The molecule has 3 N–H and O–H groups in total. The molecule has 0 bridgehead atoms. The fraction of sp³-hybridized carbons (Fsp3) is 0.933. The number of likely N-dealkylation sites (tertiary alicyclic amines) is 1. The van der Waals surface area contributed by atoms with Gasteiger partial charge in [-0.3, -0.25) is 4.79 Å². The van der Waals surface area contributed by atoms with Crippen LogP contribution in [0.25, 0.3) is 0 Å². The average Bonchev–Trinajstić information content (AvgIpc) is 2.83. The van der Waals surface area contributed by atoms with Gasteiger partial charge in [-0.2, -0.15) is 0 Å². The highest BCUT2D eigenvalue weighted by molar-refractivity contribution is 5.84. The minimum atomic E-state index is -0.442. The summed E-state index contributed by atoms with van der Waals surface area (Å²) in [6.07, 6.45) is 6.70. The number of hydrogen-bond acceptors (Lipinski definition) is 3. The molecule has 0 atom stereocenters. The van der Waals surface area contributed by atoms with Crippen molar-refractivity contribution in [2.45, 2.75) is 64.0 Å². The summed E-state index contributed by atoms with van der Waals surface area (Å²) < 4.78 is 0. The van der Waals surface area contributed by atoms with Gasteiger partial charge in [-0.15, -0.1) is 0 Å². The van der Waals surface area contributed by atoms with Crippen LogP contribution in [0.2, 0.25) is 0 Å². The van der Waals surface area contributed by atoms with E-state index in [0.717, 1.165) is 32.5 Å². The molecule has 0 radical (unpaired) electrons. The van der Waals surface area contributed by atoms with Crippen LogP contribution in [0.3, 0.4) is 0 Å². The van der Waals surface area contributed by atoms with Crippen molar-refractivity contribution in [2.24, 2.45) is 11.7 Å². The third-order valence-corrected chi connectivity index (χ3v) is 4.64. The van der Waals surface area contributed by atoms with E-state index < -0.39 is 5.54 Å². The minimum Gasteiger partial charge on any atom is -0.368 e. The van der Waals surface area contributed by atoms with Crippen LogP contribution in [0, 0.1) is 5.92 Å². The first-order valence-corrected chi connectivity index (χ1v) is 7.82. The van der Waals surface area contributed by atoms with E-state index in [1.807, 2.05) is 0 Å². The third-order valence-electron chi connectivity index (χ3n) is 4.64. The lowest BCUT2D eigenvalue weighted by atomic mass is 9.85. The molecule has 1 amide bonds. The largest absolute Gasteiger partial charge is 0.368 e. The summed E-state index contributed by atoms with van der Waals surface area (Å²) in [4.78, 5) is 14.4. The van der Waals surface area contributed by atoms with Crippen molar-refractivity contribution in [2.75, 3.05) is 19.6 Å². The van der Waals surface area contributed by atoms with E-state index >= 15 is 0 Å². The highest BCUT2D eigenvalue weighted by Crippen LogP contribution is 2.27. The van der Waals surface area contributed by atoms with E-state index in [9.17, 15) is 4.79 Å². The quantitative estimate of drug-likeness (QED) is 0.793. The van der Waals surface area contributed by atoms with E-state index in [2.05, 4.69) is 24.1 Å². The van der Waals surface area contributed by atoms with E-state index in [1.165, 1.54) is 25.7 Å². The standard InChI is InChI=1S/C15H29N3O/c1-12(2)11-18-9-7-15(8-10-18,14(16)19)17-13-5-3-4-6-13/h12-13,17H,3-11H2,1-2H3,(H2,16,19). The Morgan fingerprint density at radius 2 is 1.89 bits per heavy atom. The summed E-state index contributed by atoms with van der Waals surface area (Å²) in [6.45, 7) is 7.58. The van der Waals surface area contributed by atoms with Gasteiger partial charge in [0.15, 0.2) is 0 Å². The summed E-state index contributed by atoms with van der Waals surface area (Å²) in [5, 5.41) is 3.60. The second-order valence-corrected chi connectivity index (χ2v) is 6.77. The Labute approximate surface area is 117 Å². The third kappa shape index (κ3) is 3.69. The van der Waals surface area contributed by atoms with Gasteiger partial charge in [0, 0.05) is 25.7 Å². The average molecular weight is 267 g/mol. The van der Waals surface area contributed by atoms with Crippen LogP contribution < -0.4 is 11.1 Å². The van der Waals surface area contributed by atoms with Crippen LogP contribution in [0.1, 0.15) is 52.4 Å². The van der Waals surface area contributed by atoms with Crippen molar-refractivity contribution in [3.05, 3.63) is 0 Å². The fourth-order valence-corrected chi connectivity index (χ4v) is 3.56. The zero-order valence-electron chi connectivity index (χ0n) is 12.5. The molecule has 0 aromatic rings. The molecule has 1 saturated heterocycles. The summed E-state index contributed by atoms with van der Waals surface area (Å²) in [6, 6.07) is 0.504. The second kappa shape index (κ2) is 6.23. The van der Waals surface area contributed by atoms with E-state index in [-0.39, 0.29) is 5.91 Å². The van der Waals surface area contributed by atoms with Crippen molar-refractivity contribution in [3.8, 4) is 0 Å². The molecular formula is C15H29N3O.